The number of nitrogens with one attached hydrogen (secondary N) is 1. The molecule has 84 valence electrons. The van der Waals surface area contributed by atoms with Crippen molar-refractivity contribution in [3.63, 3.8) is 0 Å². The van der Waals surface area contributed by atoms with Gasteiger partial charge in [0.2, 0.25) is 0 Å². The largest absolute Gasteiger partial charge is 0.383 e. The van der Waals surface area contributed by atoms with Gasteiger partial charge in [-0.2, -0.15) is 0 Å². The summed E-state index contributed by atoms with van der Waals surface area (Å²) in [7, 11) is 1.56. The van der Waals surface area contributed by atoms with Crippen LogP contribution in [0.2, 0.25) is 0 Å². The van der Waals surface area contributed by atoms with Crippen LogP contribution < -0.4 is 5.32 Å². The Bertz CT molecular complexity index is 327. The Kier molecular flexibility index (Phi) is 5.28. The van der Waals surface area contributed by atoms with Gasteiger partial charge in [0.05, 0.1) is 12.0 Å². The fraction of sp³-hybridized carbons (Fsp3) is 0.444. The Hall–Kier alpha value is -0.390. The number of halogens is 3. The van der Waals surface area contributed by atoms with E-state index in [1.54, 1.807) is 7.11 Å². The van der Waals surface area contributed by atoms with E-state index in [0.29, 0.717) is 17.6 Å². The monoisotopic (exact) mass is 296 g/mol. The molecule has 0 aliphatic carbocycles. The molecule has 1 rings (SSSR count). The van der Waals surface area contributed by atoms with Gasteiger partial charge in [-0.05, 0) is 22.0 Å². The van der Waals surface area contributed by atoms with Crippen LogP contribution in [-0.4, -0.2) is 30.6 Å². The Morgan fingerprint density at radius 3 is 3.07 bits per heavy atom. The molecule has 1 atom stereocenters. The van der Waals surface area contributed by atoms with Crippen LogP contribution in [0.3, 0.4) is 0 Å². The van der Waals surface area contributed by atoms with Crippen molar-refractivity contribution in [2.75, 3.05) is 25.6 Å². The van der Waals surface area contributed by atoms with Crippen molar-refractivity contribution in [1.29, 1.82) is 0 Å². The van der Waals surface area contributed by atoms with Gasteiger partial charge in [0.1, 0.15) is 0 Å². The summed E-state index contributed by atoms with van der Waals surface area (Å²) in [5.41, 5.74) is 0. The summed E-state index contributed by atoms with van der Waals surface area (Å²) in [5.74, 6) is -0.217. The molecule has 0 bridgehead atoms. The van der Waals surface area contributed by atoms with Crippen molar-refractivity contribution in [2.45, 2.75) is 5.38 Å². The fourth-order valence-corrected chi connectivity index (χ4v) is 1.50. The van der Waals surface area contributed by atoms with Crippen LogP contribution in [0.4, 0.5) is 10.2 Å². The highest BCUT2D eigenvalue weighted by atomic mass is 79.9. The first-order valence-electron chi connectivity index (χ1n) is 4.31. The molecule has 1 unspecified atom stereocenters. The normalized spacial score (nSPS) is 12.5. The summed E-state index contributed by atoms with van der Waals surface area (Å²) in [5, 5.41) is 2.60. The number of pyridine rings is 1. The van der Waals surface area contributed by atoms with E-state index in [0.717, 1.165) is 0 Å². The smallest absolute Gasteiger partial charge is 0.166 e. The lowest BCUT2D eigenvalue weighted by Gasteiger charge is -2.10. The van der Waals surface area contributed by atoms with Crippen LogP contribution in [0.5, 0.6) is 0 Å². The topological polar surface area (TPSA) is 34.1 Å². The number of alkyl halides is 1. The lowest BCUT2D eigenvalue weighted by atomic mass is 10.4. The highest BCUT2D eigenvalue weighted by molar-refractivity contribution is 9.10. The van der Waals surface area contributed by atoms with E-state index >= 15 is 0 Å². The minimum atomic E-state index is -0.411. The molecule has 6 heteroatoms. The molecule has 1 heterocycles. The number of aromatic nitrogens is 1. The number of anilines is 1. The van der Waals surface area contributed by atoms with Gasteiger partial charge in [0.25, 0.3) is 0 Å². The van der Waals surface area contributed by atoms with Gasteiger partial charge in [-0.25, -0.2) is 9.37 Å². The van der Waals surface area contributed by atoms with Gasteiger partial charge in [0, 0.05) is 24.3 Å². The number of methoxy groups -OCH3 is 1. The van der Waals surface area contributed by atoms with Gasteiger partial charge in [-0.15, -0.1) is 11.6 Å². The third kappa shape index (κ3) is 4.32. The number of nitrogens with zero attached hydrogens (tertiary/aromatic N) is 1. The molecule has 1 aromatic rings. The summed E-state index contributed by atoms with van der Waals surface area (Å²) in [4.78, 5) is 3.88. The van der Waals surface area contributed by atoms with Crippen molar-refractivity contribution in [1.82, 2.24) is 4.98 Å². The number of hydrogen-bond donors (Lipinski definition) is 1. The van der Waals surface area contributed by atoms with E-state index in [4.69, 9.17) is 16.3 Å². The lowest BCUT2D eigenvalue weighted by molar-refractivity contribution is 0.200. The molecule has 1 N–H and O–H groups in total. The van der Waals surface area contributed by atoms with Gasteiger partial charge in [-0.1, -0.05) is 0 Å². The maximum Gasteiger partial charge on any atom is 0.166 e. The first-order valence-corrected chi connectivity index (χ1v) is 5.54. The van der Waals surface area contributed by atoms with E-state index in [-0.39, 0.29) is 11.2 Å². The van der Waals surface area contributed by atoms with E-state index in [1.165, 1.54) is 12.3 Å². The Labute approximate surface area is 101 Å². The van der Waals surface area contributed by atoms with Crippen molar-refractivity contribution in [2.24, 2.45) is 0 Å². The van der Waals surface area contributed by atoms with Crippen molar-refractivity contribution < 1.29 is 9.13 Å². The van der Waals surface area contributed by atoms with Crippen molar-refractivity contribution in [3.8, 4) is 0 Å². The van der Waals surface area contributed by atoms with Gasteiger partial charge in [0.15, 0.2) is 11.6 Å². The second kappa shape index (κ2) is 6.25. The number of hydrogen-bond acceptors (Lipinski definition) is 3. The zero-order chi connectivity index (χ0) is 11.3. The molecule has 0 radical (unpaired) electrons. The van der Waals surface area contributed by atoms with Crippen molar-refractivity contribution in [3.05, 3.63) is 22.6 Å². The molecule has 0 fully saturated rings. The molecule has 0 saturated carbocycles. The van der Waals surface area contributed by atoms with Crippen LogP contribution in [0.25, 0.3) is 0 Å². The molecule has 0 aliphatic rings. The minimum absolute atomic E-state index is 0.194. The summed E-state index contributed by atoms with van der Waals surface area (Å²) >= 11 is 8.99. The molecule has 0 aromatic carbocycles. The fourth-order valence-electron chi connectivity index (χ4n) is 0.992. The van der Waals surface area contributed by atoms with Crippen LogP contribution in [0.15, 0.2) is 16.7 Å². The summed E-state index contributed by atoms with van der Waals surface area (Å²) in [6.07, 6.45) is 1.52. The van der Waals surface area contributed by atoms with E-state index in [9.17, 15) is 4.39 Å². The zero-order valence-electron chi connectivity index (χ0n) is 8.14. The van der Waals surface area contributed by atoms with Crippen LogP contribution in [0, 0.1) is 5.82 Å². The molecular formula is C9H11BrClFN2O. The predicted octanol–water partition coefficient (Wildman–Crippen LogP) is 2.65. The standard InChI is InChI=1S/C9H11BrClFN2O/c1-15-5-7(11)4-14-9-8(12)2-6(10)3-13-9/h2-3,7H,4-5H2,1H3,(H,13,14). The summed E-state index contributed by atoms with van der Waals surface area (Å²) in [6, 6.07) is 1.34. The lowest BCUT2D eigenvalue weighted by Crippen LogP contribution is -2.20. The number of rotatable bonds is 5. The maximum absolute atomic E-state index is 13.3. The van der Waals surface area contributed by atoms with Gasteiger partial charge < -0.3 is 10.1 Å². The third-order valence-corrected chi connectivity index (χ3v) is 2.36. The quantitative estimate of drug-likeness (QED) is 0.849. The van der Waals surface area contributed by atoms with Gasteiger partial charge in [-0.3, -0.25) is 0 Å². The summed E-state index contributed by atoms with van der Waals surface area (Å²) in [6.45, 7) is 0.813. The second-order valence-corrected chi connectivity index (χ2v) is 4.45. The Balaban J connectivity index is 2.50. The molecular weight excluding hydrogens is 286 g/mol. The molecule has 1 aromatic heterocycles. The van der Waals surface area contributed by atoms with E-state index in [1.807, 2.05) is 0 Å². The van der Waals surface area contributed by atoms with Gasteiger partial charge >= 0.3 is 0 Å². The van der Waals surface area contributed by atoms with E-state index < -0.39 is 5.82 Å². The SMILES string of the molecule is COCC(Cl)CNc1ncc(Br)cc1F. The minimum Gasteiger partial charge on any atom is -0.383 e. The first kappa shape index (κ1) is 12.7. The van der Waals surface area contributed by atoms with Crippen LogP contribution in [-0.2, 0) is 4.74 Å². The Morgan fingerprint density at radius 2 is 2.47 bits per heavy atom. The van der Waals surface area contributed by atoms with E-state index in [2.05, 4.69) is 26.2 Å². The Morgan fingerprint density at radius 1 is 1.73 bits per heavy atom. The molecule has 3 nitrogen and oxygen atoms in total. The predicted molar refractivity (Wildman–Crippen MR) is 61.9 cm³/mol. The highest BCUT2D eigenvalue weighted by Gasteiger charge is 2.07. The maximum atomic E-state index is 13.3. The third-order valence-electron chi connectivity index (χ3n) is 1.65. The summed E-state index contributed by atoms with van der Waals surface area (Å²) < 4.78 is 18.7. The number of ether oxygens (including phenoxy) is 1. The highest BCUT2D eigenvalue weighted by Crippen LogP contribution is 2.16. The van der Waals surface area contributed by atoms with Crippen LogP contribution in [0.1, 0.15) is 0 Å². The average Bonchev–Trinajstić information content (AvgIpc) is 2.17. The molecule has 0 spiro atoms. The zero-order valence-corrected chi connectivity index (χ0v) is 10.5. The van der Waals surface area contributed by atoms with Crippen molar-refractivity contribution >= 4 is 33.3 Å². The molecule has 0 amide bonds. The van der Waals surface area contributed by atoms with Crippen LogP contribution >= 0.6 is 27.5 Å². The average molecular weight is 298 g/mol. The molecule has 15 heavy (non-hydrogen) atoms. The second-order valence-electron chi connectivity index (χ2n) is 2.92. The molecule has 0 saturated heterocycles. The first-order chi connectivity index (χ1) is 7.13. The molecule has 0 aliphatic heterocycles.